The van der Waals surface area contributed by atoms with Crippen LogP contribution in [0.1, 0.15) is 32.1 Å². The van der Waals surface area contributed by atoms with E-state index in [1.165, 1.54) is 25.7 Å². The average molecular weight is 226 g/mol. The van der Waals surface area contributed by atoms with Gasteiger partial charge in [-0.3, -0.25) is 4.79 Å². The van der Waals surface area contributed by atoms with Crippen molar-refractivity contribution in [2.45, 2.75) is 38.2 Å². The summed E-state index contributed by atoms with van der Waals surface area (Å²) in [5, 5.41) is 0. The molecule has 1 aliphatic carbocycles. The summed E-state index contributed by atoms with van der Waals surface area (Å²) in [5.74, 6) is 0.601. The van der Waals surface area contributed by atoms with Crippen LogP contribution >= 0.6 is 0 Å². The standard InChI is InChI=1S/C12H22N2O2/c13-8-10-7-12(15)14(9-10)5-6-16-11-3-1-2-4-11/h10-11H,1-9,13H2. The Kier molecular flexibility index (Phi) is 4.18. The molecule has 4 heteroatoms. The molecule has 2 aliphatic rings. The molecule has 1 saturated heterocycles. The first-order chi connectivity index (χ1) is 7.79. The first-order valence-electron chi connectivity index (χ1n) is 6.39. The lowest BCUT2D eigenvalue weighted by Crippen LogP contribution is -2.30. The minimum atomic E-state index is 0.241. The second-order valence-electron chi connectivity index (χ2n) is 4.92. The van der Waals surface area contributed by atoms with E-state index >= 15 is 0 Å². The predicted octanol–water partition coefficient (Wildman–Crippen LogP) is 0.753. The van der Waals surface area contributed by atoms with Gasteiger partial charge in [0, 0.05) is 19.5 Å². The number of nitrogens with two attached hydrogens (primary N) is 1. The molecule has 0 radical (unpaired) electrons. The van der Waals surface area contributed by atoms with Gasteiger partial charge in [0.15, 0.2) is 0 Å². The van der Waals surface area contributed by atoms with Gasteiger partial charge in [0.25, 0.3) is 0 Å². The third-order valence-corrected chi connectivity index (χ3v) is 3.64. The molecule has 1 unspecified atom stereocenters. The number of ether oxygens (including phenoxy) is 1. The monoisotopic (exact) mass is 226 g/mol. The molecular formula is C12H22N2O2. The van der Waals surface area contributed by atoms with Crippen molar-refractivity contribution in [2.24, 2.45) is 11.7 Å². The van der Waals surface area contributed by atoms with Gasteiger partial charge in [0.2, 0.25) is 5.91 Å². The molecule has 2 fully saturated rings. The number of hydrogen-bond donors (Lipinski definition) is 1. The fourth-order valence-electron chi connectivity index (χ4n) is 2.61. The number of likely N-dealkylation sites (tertiary alicyclic amines) is 1. The summed E-state index contributed by atoms with van der Waals surface area (Å²) in [5.41, 5.74) is 5.58. The highest BCUT2D eigenvalue weighted by atomic mass is 16.5. The maximum Gasteiger partial charge on any atom is 0.223 e. The van der Waals surface area contributed by atoms with Gasteiger partial charge < -0.3 is 15.4 Å². The predicted molar refractivity (Wildman–Crippen MR) is 61.9 cm³/mol. The maximum absolute atomic E-state index is 11.6. The molecule has 0 aromatic carbocycles. The first kappa shape index (κ1) is 11.9. The molecule has 4 nitrogen and oxygen atoms in total. The van der Waals surface area contributed by atoms with E-state index in [0.29, 0.717) is 31.6 Å². The first-order valence-corrected chi connectivity index (χ1v) is 6.39. The second kappa shape index (κ2) is 5.64. The van der Waals surface area contributed by atoms with Crippen molar-refractivity contribution in [1.29, 1.82) is 0 Å². The van der Waals surface area contributed by atoms with Crippen LogP contribution in [0.25, 0.3) is 0 Å². The van der Waals surface area contributed by atoms with Crippen molar-refractivity contribution in [3.8, 4) is 0 Å². The normalized spacial score (nSPS) is 26.9. The summed E-state index contributed by atoms with van der Waals surface area (Å²) in [6, 6.07) is 0. The molecule has 1 heterocycles. The Morgan fingerprint density at radius 1 is 1.38 bits per heavy atom. The number of carbonyl (C=O) groups is 1. The van der Waals surface area contributed by atoms with Gasteiger partial charge in [0.1, 0.15) is 0 Å². The Hall–Kier alpha value is -0.610. The van der Waals surface area contributed by atoms with Crippen molar-refractivity contribution >= 4 is 5.91 Å². The Labute approximate surface area is 97.1 Å². The minimum absolute atomic E-state index is 0.241. The zero-order valence-corrected chi connectivity index (χ0v) is 9.86. The molecule has 0 aromatic heterocycles. The van der Waals surface area contributed by atoms with E-state index in [4.69, 9.17) is 10.5 Å². The van der Waals surface area contributed by atoms with E-state index in [2.05, 4.69) is 0 Å². The highest BCUT2D eigenvalue weighted by Gasteiger charge is 2.28. The molecule has 1 atom stereocenters. The van der Waals surface area contributed by atoms with Crippen LogP contribution in [0.3, 0.4) is 0 Å². The quantitative estimate of drug-likeness (QED) is 0.752. The van der Waals surface area contributed by atoms with Gasteiger partial charge in [-0.1, -0.05) is 12.8 Å². The highest BCUT2D eigenvalue weighted by molar-refractivity contribution is 5.78. The van der Waals surface area contributed by atoms with Gasteiger partial charge >= 0.3 is 0 Å². The Bertz CT molecular complexity index is 239. The van der Waals surface area contributed by atoms with Crippen molar-refractivity contribution in [3.05, 3.63) is 0 Å². The molecular weight excluding hydrogens is 204 g/mol. The number of nitrogens with zero attached hydrogens (tertiary/aromatic N) is 1. The van der Waals surface area contributed by atoms with E-state index in [1.54, 1.807) is 0 Å². The lowest BCUT2D eigenvalue weighted by Gasteiger charge is -2.18. The van der Waals surface area contributed by atoms with Crippen LogP contribution in [0.5, 0.6) is 0 Å². The van der Waals surface area contributed by atoms with Crippen LogP contribution in [-0.2, 0) is 9.53 Å². The summed E-state index contributed by atoms with van der Waals surface area (Å²) in [4.78, 5) is 13.5. The van der Waals surface area contributed by atoms with E-state index in [0.717, 1.165) is 13.1 Å². The third-order valence-electron chi connectivity index (χ3n) is 3.64. The summed E-state index contributed by atoms with van der Waals surface area (Å²) in [7, 11) is 0. The summed E-state index contributed by atoms with van der Waals surface area (Å²) in [6.07, 6.45) is 6.05. The molecule has 0 aromatic rings. The topological polar surface area (TPSA) is 55.6 Å². The molecule has 2 N–H and O–H groups in total. The maximum atomic E-state index is 11.6. The molecule has 1 aliphatic heterocycles. The fourth-order valence-corrected chi connectivity index (χ4v) is 2.61. The molecule has 0 bridgehead atoms. The molecule has 92 valence electrons. The van der Waals surface area contributed by atoms with Crippen LogP contribution < -0.4 is 5.73 Å². The second-order valence-corrected chi connectivity index (χ2v) is 4.92. The highest BCUT2D eigenvalue weighted by Crippen LogP contribution is 2.21. The Morgan fingerprint density at radius 3 is 2.75 bits per heavy atom. The number of rotatable bonds is 5. The van der Waals surface area contributed by atoms with Crippen LogP contribution in [-0.4, -0.2) is 43.2 Å². The summed E-state index contributed by atoms with van der Waals surface area (Å²) >= 11 is 0. The van der Waals surface area contributed by atoms with Gasteiger partial charge in [-0.15, -0.1) is 0 Å². The Balaban J connectivity index is 1.64. The lowest BCUT2D eigenvalue weighted by molar-refractivity contribution is -0.128. The minimum Gasteiger partial charge on any atom is -0.376 e. The van der Waals surface area contributed by atoms with Crippen LogP contribution in [0.2, 0.25) is 0 Å². The lowest BCUT2D eigenvalue weighted by atomic mass is 10.1. The molecule has 0 spiro atoms. The largest absolute Gasteiger partial charge is 0.376 e. The zero-order valence-electron chi connectivity index (χ0n) is 9.86. The van der Waals surface area contributed by atoms with Crippen molar-refractivity contribution in [3.63, 3.8) is 0 Å². The van der Waals surface area contributed by atoms with E-state index in [1.807, 2.05) is 4.90 Å². The fraction of sp³-hybridized carbons (Fsp3) is 0.917. The smallest absolute Gasteiger partial charge is 0.223 e. The van der Waals surface area contributed by atoms with E-state index < -0.39 is 0 Å². The van der Waals surface area contributed by atoms with Crippen LogP contribution in [0, 0.1) is 5.92 Å². The van der Waals surface area contributed by atoms with Crippen LogP contribution in [0.4, 0.5) is 0 Å². The summed E-state index contributed by atoms with van der Waals surface area (Å²) in [6.45, 7) is 2.87. The van der Waals surface area contributed by atoms with Crippen LogP contribution in [0.15, 0.2) is 0 Å². The molecule has 2 rings (SSSR count). The SMILES string of the molecule is NCC1CC(=O)N(CCOC2CCCC2)C1. The number of carbonyl (C=O) groups excluding carboxylic acids is 1. The van der Waals surface area contributed by atoms with Gasteiger partial charge in [-0.05, 0) is 25.3 Å². The van der Waals surface area contributed by atoms with E-state index in [9.17, 15) is 4.79 Å². The molecule has 1 amide bonds. The van der Waals surface area contributed by atoms with Crippen molar-refractivity contribution < 1.29 is 9.53 Å². The van der Waals surface area contributed by atoms with Crippen molar-refractivity contribution in [1.82, 2.24) is 4.90 Å². The van der Waals surface area contributed by atoms with Gasteiger partial charge in [-0.25, -0.2) is 0 Å². The van der Waals surface area contributed by atoms with Crippen molar-refractivity contribution in [2.75, 3.05) is 26.2 Å². The number of amides is 1. The number of hydrogen-bond acceptors (Lipinski definition) is 3. The molecule has 1 saturated carbocycles. The van der Waals surface area contributed by atoms with E-state index in [-0.39, 0.29) is 5.91 Å². The zero-order chi connectivity index (χ0) is 11.4. The van der Waals surface area contributed by atoms with Gasteiger partial charge in [-0.2, -0.15) is 0 Å². The molecule has 16 heavy (non-hydrogen) atoms. The third kappa shape index (κ3) is 2.95. The average Bonchev–Trinajstić information content (AvgIpc) is 2.89. The summed E-state index contributed by atoms with van der Waals surface area (Å²) < 4.78 is 5.76. The Morgan fingerprint density at radius 2 is 2.12 bits per heavy atom. The van der Waals surface area contributed by atoms with Gasteiger partial charge in [0.05, 0.1) is 12.7 Å².